The third-order valence-corrected chi connectivity index (χ3v) is 5.93. The van der Waals surface area contributed by atoms with Gasteiger partial charge in [0.2, 0.25) is 5.91 Å². The Kier molecular flexibility index (Phi) is 5.62. The molecule has 0 saturated carbocycles. The summed E-state index contributed by atoms with van der Waals surface area (Å²) >= 11 is 5.19. The zero-order valence-electron chi connectivity index (χ0n) is 16.7. The van der Waals surface area contributed by atoms with E-state index in [1.165, 1.54) is 5.56 Å². The van der Waals surface area contributed by atoms with Gasteiger partial charge in [-0.3, -0.25) is 9.89 Å². The summed E-state index contributed by atoms with van der Waals surface area (Å²) in [6, 6.07) is 8.12. The fourth-order valence-electron chi connectivity index (χ4n) is 3.76. The van der Waals surface area contributed by atoms with Crippen molar-refractivity contribution in [3.8, 4) is 11.3 Å². The lowest BCUT2D eigenvalue weighted by Gasteiger charge is -2.31. The normalized spacial score (nSPS) is 15.0. The summed E-state index contributed by atoms with van der Waals surface area (Å²) in [6.45, 7) is 3.53. The molecule has 1 aliphatic heterocycles. The molecule has 29 heavy (non-hydrogen) atoms. The molecular formula is C21H25N5O2S. The molecular weight excluding hydrogens is 386 g/mol. The topological polar surface area (TPSA) is 80.0 Å². The summed E-state index contributed by atoms with van der Waals surface area (Å²) in [7, 11) is 1.93. The Morgan fingerprint density at radius 3 is 2.66 bits per heavy atom. The molecule has 0 unspecified atom stereocenters. The number of piperidine rings is 1. The van der Waals surface area contributed by atoms with Gasteiger partial charge >= 0.3 is 0 Å². The minimum atomic E-state index is 0.147. The number of H-pyrrole nitrogens is 1. The lowest BCUT2D eigenvalue weighted by Crippen LogP contribution is -2.38. The molecule has 1 amide bonds. The first kappa shape index (κ1) is 19.6. The number of carbonyl (C=O) groups excluding carboxylic acids is 1. The molecule has 0 bridgehead atoms. The molecule has 3 aromatic rings. The van der Waals surface area contributed by atoms with Crippen LogP contribution < -0.4 is 0 Å². The average Bonchev–Trinajstić information content (AvgIpc) is 3.34. The number of amides is 1. The van der Waals surface area contributed by atoms with E-state index in [1.807, 2.05) is 40.8 Å². The number of rotatable bonds is 5. The predicted octanol–water partition coefficient (Wildman–Crippen LogP) is 3.78. The molecule has 1 aromatic carbocycles. The van der Waals surface area contributed by atoms with Gasteiger partial charge in [-0.25, -0.2) is 4.98 Å². The maximum atomic E-state index is 12.6. The Morgan fingerprint density at radius 2 is 2.00 bits per heavy atom. The van der Waals surface area contributed by atoms with Crippen molar-refractivity contribution in [3.63, 3.8) is 0 Å². The van der Waals surface area contributed by atoms with Gasteiger partial charge in [0.25, 0.3) is 0 Å². The van der Waals surface area contributed by atoms with Crippen LogP contribution in [0.1, 0.15) is 42.5 Å². The van der Waals surface area contributed by atoms with Crippen LogP contribution in [0.4, 0.5) is 0 Å². The number of aryl methyl sites for hydroxylation is 2. The van der Waals surface area contributed by atoms with Gasteiger partial charge in [0.1, 0.15) is 5.82 Å². The van der Waals surface area contributed by atoms with E-state index in [2.05, 4.69) is 22.1 Å². The monoisotopic (exact) mass is 411 g/mol. The Morgan fingerprint density at radius 1 is 1.28 bits per heavy atom. The molecule has 1 aliphatic rings. The Hall–Kier alpha value is -2.74. The minimum absolute atomic E-state index is 0.147. The molecule has 0 aliphatic carbocycles. The van der Waals surface area contributed by atoms with E-state index in [9.17, 15) is 4.79 Å². The molecule has 4 rings (SSSR count). The summed E-state index contributed by atoms with van der Waals surface area (Å²) in [5, 5.41) is 7.18. The molecule has 8 heteroatoms. The smallest absolute Gasteiger partial charge is 0.223 e. The van der Waals surface area contributed by atoms with Crippen molar-refractivity contribution in [2.24, 2.45) is 7.05 Å². The van der Waals surface area contributed by atoms with Gasteiger partial charge in [0.15, 0.2) is 16.4 Å². The van der Waals surface area contributed by atoms with Crippen LogP contribution in [0.15, 0.2) is 34.9 Å². The van der Waals surface area contributed by atoms with Crippen molar-refractivity contribution in [1.29, 1.82) is 0 Å². The van der Waals surface area contributed by atoms with Crippen LogP contribution in [0.3, 0.4) is 0 Å². The number of likely N-dealkylation sites (tertiary alicyclic amines) is 1. The molecule has 0 atom stereocenters. The van der Waals surface area contributed by atoms with Gasteiger partial charge < -0.3 is 13.9 Å². The average molecular weight is 412 g/mol. The van der Waals surface area contributed by atoms with E-state index in [-0.39, 0.29) is 5.91 Å². The predicted molar refractivity (Wildman–Crippen MR) is 112 cm³/mol. The summed E-state index contributed by atoms with van der Waals surface area (Å²) < 4.78 is 8.39. The SMILES string of the molecule is Cc1ccc(-c2cnc(CCC(=O)N3CCC(c4n[nH]c(=S)n4C)CC3)o2)cc1. The lowest BCUT2D eigenvalue weighted by molar-refractivity contribution is -0.132. The summed E-state index contributed by atoms with van der Waals surface area (Å²) in [6.07, 6.45) is 4.45. The van der Waals surface area contributed by atoms with E-state index in [0.717, 1.165) is 43.1 Å². The number of hydrogen-bond acceptors (Lipinski definition) is 5. The highest BCUT2D eigenvalue weighted by Gasteiger charge is 2.26. The van der Waals surface area contributed by atoms with E-state index in [4.69, 9.17) is 16.6 Å². The third-order valence-electron chi connectivity index (χ3n) is 5.57. The van der Waals surface area contributed by atoms with Gasteiger partial charge in [-0.1, -0.05) is 29.8 Å². The van der Waals surface area contributed by atoms with Gasteiger partial charge in [-0.2, -0.15) is 5.10 Å². The highest BCUT2D eigenvalue weighted by atomic mass is 32.1. The molecule has 1 saturated heterocycles. The van der Waals surface area contributed by atoms with Crippen molar-refractivity contribution in [2.75, 3.05) is 13.1 Å². The minimum Gasteiger partial charge on any atom is -0.441 e. The second-order valence-corrected chi connectivity index (χ2v) is 7.97. The Balaban J connectivity index is 1.29. The first-order chi connectivity index (χ1) is 14.0. The van der Waals surface area contributed by atoms with Crippen molar-refractivity contribution >= 4 is 18.1 Å². The second kappa shape index (κ2) is 8.32. The fourth-order valence-corrected chi connectivity index (χ4v) is 3.90. The van der Waals surface area contributed by atoms with Gasteiger partial charge in [-0.05, 0) is 32.0 Å². The standard InChI is InChI=1S/C21H25N5O2S/c1-14-3-5-15(6-4-14)17-13-22-18(28-17)7-8-19(27)26-11-9-16(10-12-26)20-23-24-21(29)25(20)2/h3-6,13,16H,7-12H2,1-2H3,(H,24,29). The van der Waals surface area contributed by atoms with E-state index in [1.54, 1.807) is 6.20 Å². The van der Waals surface area contributed by atoms with E-state index in [0.29, 0.717) is 29.4 Å². The molecule has 3 heterocycles. The first-order valence-electron chi connectivity index (χ1n) is 9.92. The quantitative estimate of drug-likeness (QED) is 0.646. The number of hydrogen-bond donors (Lipinski definition) is 1. The molecule has 1 fully saturated rings. The zero-order chi connectivity index (χ0) is 20.4. The number of benzene rings is 1. The zero-order valence-corrected chi connectivity index (χ0v) is 17.5. The second-order valence-electron chi connectivity index (χ2n) is 7.59. The van der Waals surface area contributed by atoms with Crippen LogP contribution in [0.5, 0.6) is 0 Å². The van der Waals surface area contributed by atoms with Crippen LogP contribution in [-0.2, 0) is 18.3 Å². The number of aromatic amines is 1. The van der Waals surface area contributed by atoms with Gasteiger partial charge in [0.05, 0.1) is 6.20 Å². The van der Waals surface area contributed by atoms with Gasteiger partial charge in [0, 0.05) is 44.5 Å². The number of nitrogens with zero attached hydrogens (tertiary/aromatic N) is 4. The van der Waals surface area contributed by atoms with Crippen LogP contribution in [0.2, 0.25) is 0 Å². The third kappa shape index (κ3) is 4.32. The molecule has 2 aromatic heterocycles. The number of oxazole rings is 1. The van der Waals surface area contributed by atoms with Crippen LogP contribution in [0.25, 0.3) is 11.3 Å². The highest BCUT2D eigenvalue weighted by molar-refractivity contribution is 7.71. The molecule has 1 N–H and O–H groups in total. The largest absolute Gasteiger partial charge is 0.441 e. The van der Waals surface area contributed by atoms with Crippen LogP contribution in [-0.4, -0.2) is 43.6 Å². The van der Waals surface area contributed by atoms with E-state index >= 15 is 0 Å². The summed E-state index contributed by atoms with van der Waals surface area (Å²) in [5.74, 6) is 2.80. The number of carbonyl (C=O) groups is 1. The maximum absolute atomic E-state index is 12.6. The van der Waals surface area contributed by atoms with Gasteiger partial charge in [-0.15, -0.1) is 0 Å². The molecule has 0 radical (unpaired) electrons. The molecule has 0 spiro atoms. The van der Waals surface area contributed by atoms with Crippen molar-refractivity contribution in [2.45, 2.75) is 38.5 Å². The van der Waals surface area contributed by atoms with Crippen LogP contribution in [0, 0.1) is 11.7 Å². The first-order valence-corrected chi connectivity index (χ1v) is 10.3. The Labute approximate surface area is 174 Å². The molecule has 152 valence electrons. The van der Waals surface area contributed by atoms with Crippen LogP contribution >= 0.6 is 12.2 Å². The van der Waals surface area contributed by atoms with E-state index < -0.39 is 0 Å². The van der Waals surface area contributed by atoms with Crippen molar-refractivity contribution < 1.29 is 9.21 Å². The van der Waals surface area contributed by atoms with Crippen molar-refractivity contribution in [1.82, 2.24) is 24.6 Å². The fraction of sp³-hybridized carbons (Fsp3) is 0.429. The number of nitrogens with one attached hydrogen (secondary N) is 1. The highest BCUT2D eigenvalue weighted by Crippen LogP contribution is 2.27. The lowest BCUT2D eigenvalue weighted by atomic mass is 9.95. The number of aromatic nitrogens is 4. The summed E-state index contributed by atoms with van der Waals surface area (Å²) in [5.41, 5.74) is 2.20. The maximum Gasteiger partial charge on any atom is 0.223 e. The Bertz CT molecular complexity index is 1040. The summed E-state index contributed by atoms with van der Waals surface area (Å²) in [4.78, 5) is 18.9. The van der Waals surface area contributed by atoms with Crippen molar-refractivity contribution in [3.05, 3.63) is 52.5 Å². The molecule has 7 nitrogen and oxygen atoms in total.